The molecule has 0 heterocycles. The lowest BCUT2D eigenvalue weighted by atomic mass is 10.1. The number of benzene rings is 1. The van der Waals surface area contributed by atoms with Crippen molar-refractivity contribution in [3.63, 3.8) is 0 Å². The zero-order valence-electron chi connectivity index (χ0n) is 9.99. The quantitative estimate of drug-likeness (QED) is 0.612. The summed E-state index contributed by atoms with van der Waals surface area (Å²) in [6.07, 6.45) is 2.07. The molecule has 16 heavy (non-hydrogen) atoms. The molecule has 0 aliphatic rings. The zero-order valence-corrected chi connectivity index (χ0v) is 9.99. The summed E-state index contributed by atoms with van der Waals surface area (Å²) in [6, 6.07) is 5.61. The van der Waals surface area contributed by atoms with Crippen LogP contribution in [-0.2, 0) is 0 Å². The van der Waals surface area contributed by atoms with Gasteiger partial charge in [0.05, 0.1) is 4.92 Å². The van der Waals surface area contributed by atoms with E-state index >= 15 is 0 Å². The first-order valence-corrected chi connectivity index (χ1v) is 5.56. The topological polar surface area (TPSA) is 55.2 Å². The molecular weight excluding hydrogens is 204 g/mol. The lowest BCUT2D eigenvalue weighted by Crippen LogP contribution is -2.15. The van der Waals surface area contributed by atoms with Crippen LogP contribution in [0.1, 0.15) is 32.3 Å². The molecule has 0 bridgehead atoms. The molecule has 1 aromatic rings. The van der Waals surface area contributed by atoms with Gasteiger partial charge in [0.1, 0.15) is 5.69 Å². The minimum atomic E-state index is -0.323. The number of para-hydroxylation sites is 1. The van der Waals surface area contributed by atoms with Crippen molar-refractivity contribution in [3.8, 4) is 0 Å². The molecule has 0 aliphatic carbocycles. The summed E-state index contributed by atoms with van der Waals surface area (Å²) >= 11 is 0. The number of rotatable bonds is 5. The molecule has 0 radical (unpaired) electrons. The van der Waals surface area contributed by atoms with Gasteiger partial charge in [0.2, 0.25) is 0 Å². The normalized spacial score (nSPS) is 12.2. The Morgan fingerprint density at radius 3 is 2.75 bits per heavy atom. The maximum Gasteiger partial charge on any atom is 0.295 e. The van der Waals surface area contributed by atoms with Gasteiger partial charge in [-0.1, -0.05) is 25.5 Å². The second-order valence-corrected chi connectivity index (χ2v) is 4.06. The van der Waals surface area contributed by atoms with E-state index in [-0.39, 0.29) is 16.7 Å². The van der Waals surface area contributed by atoms with Gasteiger partial charge in [-0.3, -0.25) is 10.1 Å². The van der Waals surface area contributed by atoms with E-state index in [1.807, 2.05) is 13.0 Å². The van der Waals surface area contributed by atoms with Gasteiger partial charge in [-0.2, -0.15) is 0 Å². The third-order valence-corrected chi connectivity index (χ3v) is 2.54. The first kappa shape index (κ1) is 12.5. The number of nitrogens with zero attached hydrogens (tertiary/aromatic N) is 1. The molecular formula is C12H18N2O2. The predicted molar refractivity (Wildman–Crippen MR) is 65.8 cm³/mol. The monoisotopic (exact) mass is 222 g/mol. The maximum atomic E-state index is 10.9. The Morgan fingerprint density at radius 2 is 2.19 bits per heavy atom. The average molecular weight is 222 g/mol. The van der Waals surface area contributed by atoms with E-state index in [0.717, 1.165) is 12.8 Å². The summed E-state index contributed by atoms with van der Waals surface area (Å²) in [5.74, 6) is 0. The van der Waals surface area contributed by atoms with Gasteiger partial charge in [-0.25, -0.2) is 0 Å². The van der Waals surface area contributed by atoms with Crippen molar-refractivity contribution in [2.75, 3.05) is 5.32 Å². The van der Waals surface area contributed by atoms with Crippen LogP contribution < -0.4 is 5.32 Å². The molecule has 0 aromatic heterocycles. The molecule has 0 saturated carbocycles. The third kappa shape index (κ3) is 2.95. The minimum Gasteiger partial charge on any atom is -0.377 e. The number of nitrogens with one attached hydrogen (secondary N) is 1. The van der Waals surface area contributed by atoms with Crippen molar-refractivity contribution in [1.29, 1.82) is 0 Å². The van der Waals surface area contributed by atoms with Gasteiger partial charge in [-0.15, -0.1) is 0 Å². The second-order valence-electron chi connectivity index (χ2n) is 4.06. The van der Waals surface area contributed by atoms with Crippen molar-refractivity contribution in [3.05, 3.63) is 33.9 Å². The standard InChI is InChI=1S/C12H18N2O2/c1-4-6-10(3)13-11-8-5-7-9(2)12(11)14(15)16/h5,7-8,10,13H,4,6H2,1-3H3. The van der Waals surface area contributed by atoms with Crippen LogP contribution in [0.3, 0.4) is 0 Å². The molecule has 1 aromatic carbocycles. The fraction of sp³-hybridized carbons (Fsp3) is 0.500. The molecule has 1 rings (SSSR count). The first-order chi connectivity index (χ1) is 7.56. The smallest absolute Gasteiger partial charge is 0.295 e. The van der Waals surface area contributed by atoms with Crippen LogP contribution in [-0.4, -0.2) is 11.0 Å². The van der Waals surface area contributed by atoms with Crippen LogP contribution >= 0.6 is 0 Å². The maximum absolute atomic E-state index is 10.9. The number of anilines is 1. The zero-order chi connectivity index (χ0) is 12.1. The highest BCUT2D eigenvalue weighted by atomic mass is 16.6. The van der Waals surface area contributed by atoms with Gasteiger partial charge in [0.15, 0.2) is 0 Å². The highest BCUT2D eigenvalue weighted by Crippen LogP contribution is 2.28. The molecule has 0 amide bonds. The number of nitro groups is 1. The highest BCUT2D eigenvalue weighted by molar-refractivity contribution is 5.65. The van der Waals surface area contributed by atoms with Gasteiger partial charge >= 0.3 is 0 Å². The van der Waals surface area contributed by atoms with Crippen molar-refractivity contribution in [2.24, 2.45) is 0 Å². The highest BCUT2D eigenvalue weighted by Gasteiger charge is 2.17. The Bertz CT molecular complexity index is 377. The summed E-state index contributed by atoms with van der Waals surface area (Å²) < 4.78 is 0. The van der Waals surface area contributed by atoms with Gasteiger partial charge in [0, 0.05) is 11.6 Å². The number of nitro benzene ring substituents is 1. The Kier molecular flexibility index (Phi) is 4.28. The minimum absolute atomic E-state index is 0.186. The van der Waals surface area contributed by atoms with E-state index in [1.54, 1.807) is 19.1 Å². The fourth-order valence-electron chi connectivity index (χ4n) is 1.79. The molecule has 0 fully saturated rings. The predicted octanol–water partition coefficient (Wildman–Crippen LogP) is 3.50. The molecule has 0 aliphatic heterocycles. The van der Waals surface area contributed by atoms with Crippen LogP contribution in [0.2, 0.25) is 0 Å². The van der Waals surface area contributed by atoms with Gasteiger partial charge in [-0.05, 0) is 26.3 Å². The van der Waals surface area contributed by atoms with E-state index in [2.05, 4.69) is 12.2 Å². The first-order valence-electron chi connectivity index (χ1n) is 5.56. The Balaban J connectivity index is 2.95. The van der Waals surface area contributed by atoms with E-state index < -0.39 is 0 Å². The van der Waals surface area contributed by atoms with Crippen molar-refractivity contribution >= 4 is 11.4 Å². The summed E-state index contributed by atoms with van der Waals surface area (Å²) in [4.78, 5) is 10.6. The summed E-state index contributed by atoms with van der Waals surface area (Å²) in [7, 11) is 0. The molecule has 1 atom stereocenters. The van der Waals surface area contributed by atoms with E-state index in [0.29, 0.717) is 11.3 Å². The van der Waals surface area contributed by atoms with E-state index in [1.165, 1.54) is 0 Å². The average Bonchev–Trinajstić information content (AvgIpc) is 2.17. The largest absolute Gasteiger partial charge is 0.377 e. The van der Waals surface area contributed by atoms with Crippen molar-refractivity contribution in [2.45, 2.75) is 39.7 Å². The number of hydrogen-bond donors (Lipinski definition) is 1. The fourth-order valence-corrected chi connectivity index (χ4v) is 1.79. The summed E-state index contributed by atoms with van der Waals surface area (Å²) in [5.41, 5.74) is 1.50. The molecule has 1 N–H and O–H groups in total. The second kappa shape index (κ2) is 5.49. The van der Waals surface area contributed by atoms with Crippen LogP contribution in [0.5, 0.6) is 0 Å². The molecule has 88 valence electrons. The lowest BCUT2D eigenvalue weighted by Gasteiger charge is -2.14. The Hall–Kier alpha value is -1.58. The third-order valence-electron chi connectivity index (χ3n) is 2.54. The van der Waals surface area contributed by atoms with Gasteiger partial charge < -0.3 is 5.32 Å². The number of aryl methyl sites for hydroxylation is 1. The molecule has 4 heteroatoms. The SMILES string of the molecule is CCCC(C)Nc1cccc(C)c1[N+](=O)[O-]. The number of hydrogen-bond acceptors (Lipinski definition) is 3. The van der Waals surface area contributed by atoms with E-state index in [9.17, 15) is 10.1 Å². The van der Waals surface area contributed by atoms with Crippen LogP contribution in [0.25, 0.3) is 0 Å². The molecule has 0 spiro atoms. The lowest BCUT2D eigenvalue weighted by molar-refractivity contribution is -0.384. The summed E-state index contributed by atoms with van der Waals surface area (Å²) in [5, 5.41) is 14.1. The Morgan fingerprint density at radius 1 is 1.50 bits per heavy atom. The van der Waals surface area contributed by atoms with E-state index in [4.69, 9.17) is 0 Å². The summed E-state index contributed by atoms with van der Waals surface area (Å²) in [6.45, 7) is 5.90. The van der Waals surface area contributed by atoms with Crippen LogP contribution in [0, 0.1) is 17.0 Å². The molecule has 4 nitrogen and oxygen atoms in total. The van der Waals surface area contributed by atoms with Crippen LogP contribution in [0.4, 0.5) is 11.4 Å². The van der Waals surface area contributed by atoms with Crippen molar-refractivity contribution in [1.82, 2.24) is 0 Å². The van der Waals surface area contributed by atoms with Crippen LogP contribution in [0.15, 0.2) is 18.2 Å². The Labute approximate surface area is 95.8 Å². The molecule has 1 unspecified atom stereocenters. The van der Waals surface area contributed by atoms with Gasteiger partial charge in [0.25, 0.3) is 5.69 Å². The molecule has 0 saturated heterocycles. The van der Waals surface area contributed by atoms with Crippen molar-refractivity contribution < 1.29 is 4.92 Å².